The monoisotopic (exact) mass is 964 g/mol. The number of fused-ring (bicyclic) bond motifs is 14. The molecule has 10 atom stereocenters. The van der Waals surface area contributed by atoms with E-state index in [-0.39, 0.29) is 57.5 Å². The third-order valence-corrected chi connectivity index (χ3v) is 13.4. The average Bonchev–Trinajstić information content (AvgIpc) is 3.61. The van der Waals surface area contributed by atoms with E-state index < -0.39 is 107 Å². The molecule has 0 radical (unpaired) electrons. The zero-order valence-corrected chi connectivity index (χ0v) is 40.9. The minimum absolute atomic E-state index is 0.00604. The molecule has 3 aliphatic rings. The van der Waals surface area contributed by atoms with E-state index in [1.807, 2.05) is 60.7 Å². The van der Waals surface area contributed by atoms with Gasteiger partial charge in [0.25, 0.3) is 11.7 Å². The number of allylic oxidation sites excluding steroid dienone is 2. The Morgan fingerprint density at radius 1 is 0.843 bits per heavy atom. The van der Waals surface area contributed by atoms with E-state index in [0.29, 0.717) is 0 Å². The number of esters is 2. The summed E-state index contributed by atoms with van der Waals surface area (Å²) in [5, 5.41) is 64.7. The molecule has 7 rings (SSSR count). The number of hydrogen-bond donors (Lipinski definition) is 7. The molecule has 0 fully saturated rings. The summed E-state index contributed by atoms with van der Waals surface area (Å²) in [7, 11) is 1.42. The second kappa shape index (κ2) is 22.4. The van der Waals surface area contributed by atoms with Gasteiger partial charge in [-0.25, -0.2) is 0 Å². The SMILES string of the molecule is CO[C@H]1/C=C/O[C@@]2(C)Oc3c(C)c(O)c4c(O)c(c(CN[C@@H](Cc5ccccc5)C(=O)OCc5ccccc5)c(O)c4c3C2=O)NC(=O)/C(C)=C\C=C\[C@H](C)[C@H](O)[C@@H](C)[C@@H](O)[C@@H](C)[C@H](OC(C)=O)[C@@H]1C. The van der Waals surface area contributed by atoms with Gasteiger partial charge in [-0.05, 0) is 37.5 Å². The molecule has 3 heterocycles. The molecule has 4 aromatic rings. The number of carbonyl (C=O) groups is 4. The molecular weight excluding hydrogens is 901 g/mol. The lowest BCUT2D eigenvalue weighted by atomic mass is 9.78. The summed E-state index contributed by atoms with van der Waals surface area (Å²) in [6, 6.07) is 17.2. The maximum atomic E-state index is 14.7. The molecule has 4 aromatic carbocycles. The van der Waals surface area contributed by atoms with Gasteiger partial charge in [0.05, 0.1) is 41.2 Å². The number of hydrogen-bond acceptors (Lipinski definition) is 15. The van der Waals surface area contributed by atoms with E-state index in [1.54, 1.807) is 39.8 Å². The van der Waals surface area contributed by atoms with Crippen LogP contribution in [0.25, 0.3) is 10.8 Å². The first-order chi connectivity index (χ1) is 33.2. The van der Waals surface area contributed by atoms with Crippen LogP contribution in [0.5, 0.6) is 23.0 Å². The van der Waals surface area contributed by atoms with Crippen molar-refractivity contribution in [2.24, 2.45) is 23.7 Å². The first kappa shape index (κ1) is 52.6. The van der Waals surface area contributed by atoms with Crippen molar-refractivity contribution in [3.8, 4) is 23.0 Å². The van der Waals surface area contributed by atoms with Gasteiger partial charge in [0.2, 0.25) is 0 Å². The van der Waals surface area contributed by atoms with Gasteiger partial charge < -0.3 is 54.5 Å². The Kier molecular flexibility index (Phi) is 16.8. The van der Waals surface area contributed by atoms with Crippen LogP contribution in [0.2, 0.25) is 0 Å². The molecule has 16 nitrogen and oxygen atoms in total. The Hall–Kier alpha value is -6.72. The summed E-state index contributed by atoms with van der Waals surface area (Å²) in [5.74, 6) is -9.60. The number of methoxy groups -OCH3 is 1. The minimum atomic E-state index is -2.12. The van der Waals surface area contributed by atoms with Crippen molar-refractivity contribution in [1.29, 1.82) is 0 Å². The Balaban J connectivity index is 1.50. The van der Waals surface area contributed by atoms with Crippen molar-refractivity contribution in [3.63, 3.8) is 0 Å². The molecule has 0 spiro atoms. The maximum absolute atomic E-state index is 14.7. The van der Waals surface area contributed by atoms with Gasteiger partial charge in [-0.3, -0.25) is 24.5 Å². The fourth-order valence-electron chi connectivity index (χ4n) is 9.10. The number of anilines is 1. The van der Waals surface area contributed by atoms with E-state index in [2.05, 4.69) is 10.6 Å². The van der Waals surface area contributed by atoms with Crippen LogP contribution in [-0.4, -0.2) is 92.5 Å². The van der Waals surface area contributed by atoms with Gasteiger partial charge in [-0.2, -0.15) is 0 Å². The minimum Gasteiger partial charge on any atom is -0.507 e. The first-order valence-corrected chi connectivity index (χ1v) is 23.2. The van der Waals surface area contributed by atoms with E-state index in [0.717, 1.165) is 11.1 Å². The molecule has 0 saturated heterocycles. The van der Waals surface area contributed by atoms with Gasteiger partial charge in [0.1, 0.15) is 36.0 Å². The van der Waals surface area contributed by atoms with Crippen LogP contribution in [0.4, 0.5) is 5.69 Å². The molecule has 0 aliphatic carbocycles. The highest BCUT2D eigenvalue weighted by Crippen LogP contribution is 2.55. The number of aromatic hydroxyl groups is 3. The van der Waals surface area contributed by atoms with Crippen LogP contribution in [0.15, 0.2) is 96.8 Å². The van der Waals surface area contributed by atoms with Gasteiger partial charge >= 0.3 is 17.7 Å². The topological polar surface area (TPSA) is 240 Å². The number of phenolic OH excluding ortho intramolecular Hbond substituents is 3. The molecular formula is C54H64N2O14. The Bertz CT molecular complexity index is 2670. The fourth-order valence-corrected chi connectivity index (χ4v) is 9.10. The normalized spacial score (nSPS) is 27.4. The van der Waals surface area contributed by atoms with Gasteiger partial charge in [0.15, 0.2) is 5.75 Å². The van der Waals surface area contributed by atoms with Crippen molar-refractivity contribution in [2.75, 3.05) is 12.4 Å². The predicted octanol–water partition coefficient (Wildman–Crippen LogP) is 7.20. The number of nitrogens with one attached hydrogen (secondary N) is 2. The average molecular weight is 965 g/mol. The summed E-state index contributed by atoms with van der Waals surface area (Å²) in [6.07, 6.45) is 3.43. The number of amides is 1. The molecule has 0 unspecified atom stereocenters. The van der Waals surface area contributed by atoms with Gasteiger partial charge in [-0.15, -0.1) is 0 Å². The molecule has 374 valence electrons. The lowest BCUT2D eigenvalue weighted by Gasteiger charge is -2.38. The van der Waals surface area contributed by atoms with Crippen molar-refractivity contribution in [1.82, 2.24) is 5.32 Å². The van der Waals surface area contributed by atoms with Crippen LogP contribution in [0.1, 0.15) is 81.1 Å². The number of Topliss-reactive ketones (excluding diaryl/α,β-unsaturated/α-hetero) is 1. The second-order valence-corrected chi connectivity index (χ2v) is 18.4. The highest BCUT2D eigenvalue weighted by molar-refractivity contribution is 6.22. The molecule has 1 amide bonds. The zero-order chi connectivity index (χ0) is 51.2. The predicted molar refractivity (Wildman–Crippen MR) is 261 cm³/mol. The van der Waals surface area contributed by atoms with Gasteiger partial charge in [-0.1, -0.05) is 107 Å². The second-order valence-electron chi connectivity index (χ2n) is 18.4. The number of ketones is 1. The largest absolute Gasteiger partial charge is 0.507 e. The third kappa shape index (κ3) is 11.2. The van der Waals surface area contributed by atoms with Crippen molar-refractivity contribution in [3.05, 3.63) is 125 Å². The lowest BCUT2D eigenvalue weighted by molar-refractivity contribution is -0.160. The first-order valence-electron chi connectivity index (χ1n) is 23.2. The third-order valence-electron chi connectivity index (χ3n) is 13.4. The molecule has 3 aliphatic heterocycles. The number of aliphatic hydroxyl groups excluding tert-OH is 2. The highest BCUT2D eigenvalue weighted by atomic mass is 16.7. The van der Waals surface area contributed by atoms with Crippen molar-refractivity contribution < 1.29 is 68.4 Å². The zero-order valence-electron chi connectivity index (χ0n) is 40.9. The van der Waals surface area contributed by atoms with Crippen LogP contribution in [0.3, 0.4) is 0 Å². The number of aliphatic hydroxyl groups is 2. The number of rotatable bonds is 10. The molecule has 70 heavy (non-hydrogen) atoms. The molecule has 5 bridgehead atoms. The van der Waals surface area contributed by atoms with Crippen LogP contribution >= 0.6 is 0 Å². The number of benzene rings is 4. The number of ether oxygens (including phenoxy) is 5. The van der Waals surface area contributed by atoms with E-state index in [4.69, 9.17) is 23.7 Å². The quantitative estimate of drug-likeness (QED) is 0.0473. The van der Waals surface area contributed by atoms with Crippen molar-refractivity contribution >= 4 is 40.1 Å². The van der Waals surface area contributed by atoms with Crippen LogP contribution in [0, 0.1) is 30.6 Å². The Morgan fingerprint density at radius 3 is 2.11 bits per heavy atom. The lowest BCUT2D eigenvalue weighted by Crippen LogP contribution is -2.46. The van der Waals surface area contributed by atoms with Crippen molar-refractivity contribution in [2.45, 2.75) is 111 Å². The molecule has 0 saturated carbocycles. The standard InChI is InChI=1S/C54H64N2O14/c1-28-17-16-18-29(2)52(64)56-43-37(26-55-38(25-35-19-12-10-13-20-35)53(65)67-27-36-21-14-11-15-22-36)47(61)40-41(48(43)62)46(60)33(6)50-42(40)51(63)54(8,70-50)68-24-23-39(66-9)30(3)49(69-34(7)57)32(5)45(59)31(4)44(28)58/h10-24,28,30-32,38-39,44-45,49,55,58-62H,25-27H2,1-9H3,(H,56,64)/b17-16+,24-23+,29-18-/t28-,30+,31+,32+,38-,39-,44-,45+,49+,54-/m0/s1. The number of phenols is 3. The summed E-state index contributed by atoms with van der Waals surface area (Å²) >= 11 is 0. The summed E-state index contributed by atoms with van der Waals surface area (Å²) < 4.78 is 29.5. The van der Waals surface area contributed by atoms with Crippen LogP contribution < -0.4 is 15.4 Å². The highest BCUT2D eigenvalue weighted by Gasteiger charge is 2.50. The Morgan fingerprint density at radius 2 is 1.49 bits per heavy atom. The van der Waals surface area contributed by atoms with E-state index in [1.165, 1.54) is 53.2 Å². The Labute approximate surface area is 407 Å². The molecule has 0 aromatic heterocycles. The number of carbonyl (C=O) groups excluding carboxylic acids is 4. The molecule has 7 N–H and O–H groups in total. The van der Waals surface area contributed by atoms with Gasteiger partial charge in [0, 0.05) is 73.3 Å². The summed E-state index contributed by atoms with van der Waals surface area (Å²) in [6.45, 7) is 11.9. The summed E-state index contributed by atoms with van der Waals surface area (Å²) in [5.41, 5.74) is 0.909. The van der Waals surface area contributed by atoms with E-state index in [9.17, 15) is 44.7 Å². The summed E-state index contributed by atoms with van der Waals surface area (Å²) in [4.78, 5) is 55.1. The van der Waals surface area contributed by atoms with E-state index >= 15 is 0 Å². The smallest absolute Gasteiger partial charge is 0.323 e. The fraction of sp³-hybridized carbons (Fsp3) is 0.407. The maximum Gasteiger partial charge on any atom is 0.323 e. The molecule has 16 heteroatoms. The van der Waals surface area contributed by atoms with Crippen LogP contribution in [-0.2, 0) is 52.9 Å².